The van der Waals surface area contributed by atoms with Crippen molar-refractivity contribution >= 4 is 20.9 Å². The lowest BCUT2D eigenvalue weighted by Crippen LogP contribution is -2.11. The molecule has 0 saturated carbocycles. The number of benzene rings is 2. The third kappa shape index (κ3) is 3.62. The first-order chi connectivity index (χ1) is 12.0. The van der Waals surface area contributed by atoms with Crippen LogP contribution in [0.1, 0.15) is 37.3 Å². The zero-order valence-corrected chi connectivity index (χ0v) is 15.3. The van der Waals surface area contributed by atoms with Crippen LogP contribution in [0.3, 0.4) is 0 Å². The fraction of sp³-hybridized carbons (Fsp3) is 0.238. The summed E-state index contributed by atoms with van der Waals surface area (Å²) < 4.78 is 27.1. The van der Waals surface area contributed by atoms with Crippen molar-refractivity contribution in [2.75, 3.05) is 0 Å². The number of hydrogen-bond acceptors (Lipinski definition) is 2. The molecule has 2 aromatic carbocycles. The molecule has 0 unspecified atom stereocenters. The summed E-state index contributed by atoms with van der Waals surface area (Å²) >= 11 is 0. The number of nitrogens with zero attached hydrogens (tertiary/aromatic N) is 1. The molecule has 25 heavy (non-hydrogen) atoms. The summed E-state index contributed by atoms with van der Waals surface area (Å²) in [5.41, 5.74) is 2.61. The number of fused-ring (bicyclic) bond motifs is 1. The van der Waals surface area contributed by atoms with E-state index in [1.807, 2.05) is 43.3 Å². The monoisotopic (exact) mass is 351 g/mol. The van der Waals surface area contributed by atoms with E-state index in [0.29, 0.717) is 10.4 Å². The van der Waals surface area contributed by atoms with Crippen LogP contribution in [-0.2, 0) is 10.0 Å². The maximum atomic E-state index is 12.9. The van der Waals surface area contributed by atoms with Crippen LogP contribution in [-0.4, -0.2) is 12.4 Å². The number of unbranched alkanes of at least 4 members (excludes halogenated alkanes) is 2. The molecule has 3 nitrogen and oxygen atoms in total. The molecule has 0 N–H and O–H groups in total. The largest absolute Gasteiger partial charge is 0.268 e. The van der Waals surface area contributed by atoms with Crippen molar-refractivity contribution in [2.24, 2.45) is 0 Å². The fourth-order valence-electron chi connectivity index (χ4n) is 2.66. The van der Waals surface area contributed by atoms with Crippen LogP contribution in [0.5, 0.6) is 0 Å². The lowest BCUT2D eigenvalue weighted by Gasteiger charge is -2.08. The topological polar surface area (TPSA) is 39.1 Å². The van der Waals surface area contributed by atoms with Crippen molar-refractivity contribution < 1.29 is 8.42 Å². The molecule has 4 heteroatoms. The summed E-state index contributed by atoms with van der Waals surface area (Å²) in [7, 11) is -3.60. The Labute approximate surface area is 149 Å². The molecule has 0 spiro atoms. The van der Waals surface area contributed by atoms with Crippen LogP contribution in [0.2, 0.25) is 0 Å². The standard InChI is InChI=1S/C21H21NO2S/c1-3-4-5-6-7-18-10-13-21-19(16-18)14-15-22(21)25(23,24)20-11-8-17(2)9-12-20/h8-16H,3-5H2,1-2H3. The van der Waals surface area contributed by atoms with Gasteiger partial charge in [-0.25, -0.2) is 12.4 Å². The second-order valence-corrected chi connectivity index (χ2v) is 7.92. The lowest BCUT2D eigenvalue weighted by molar-refractivity contribution is 0.589. The van der Waals surface area contributed by atoms with Gasteiger partial charge in [-0.05, 0) is 49.7 Å². The first-order valence-electron chi connectivity index (χ1n) is 8.44. The Bertz CT molecular complexity index is 1050. The molecule has 3 rings (SSSR count). The Kier molecular flexibility index (Phi) is 4.96. The highest BCUT2D eigenvalue weighted by molar-refractivity contribution is 7.90. The smallest absolute Gasteiger partial charge is 0.241 e. The van der Waals surface area contributed by atoms with E-state index in [4.69, 9.17) is 0 Å². The molecule has 0 saturated heterocycles. The van der Waals surface area contributed by atoms with Crippen molar-refractivity contribution in [3.63, 3.8) is 0 Å². The summed E-state index contributed by atoms with van der Waals surface area (Å²) in [5.74, 6) is 6.31. The minimum absolute atomic E-state index is 0.291. The second kappa shape index (κ2) is 7.16. The Morgan fingerprint density at radius 1 is 1.04 bits per heavy atom. The molecule has 3 aromatic rings. The van der Waals surface area contributed by atoms with Crippen molar-refractivity contribution in [2.45, 2.75) is 38.0 Å². The number of aromatic nitrogens is 1. The molecule has 0 aliphatic rings. The van der Waals surface area contributed by atoms with Gasteiger partial charge >= 0.3 is 0 Å². The zero-order chi connectivity index (χ0) is 17.9. The first kappa shape index (κ1) is 17.3. The van der Waals surface area contributed by atoms with Gasteiger partial charge in [0.25, 0.3) is 10.0 Å². The van der Waals surface area contributed by atoms with E-state index in [-0.39, 0.29) is 0 Å². The molecule has 0 atom stereocenters. The Balaban J connectivity index is 1.98. The van der Waals surface area contributed by atoms with Crippen molar-refractivity contribution in [3.05, 3.63) is 65.9 Å². The number of rotatable bonds is 4. The van der Waals surface area contributed by atoms with E-state index in [2.05, 4.69) is 18.8 Å². The quantitative estimate of drug-likeness (QED) is 0.503. The Morgan fingerprint density at radius 2 is 1.80 bits per heavy atom. The van der Waals surface area contributed by atoms with E-state index in [1.54, 1.807) is 18.3 Å². The van der Waals surface area contributed by atoms with Gasteiger partial charge in [0.05, 0.1) is 10.4 Å². The third-order valence-corrected chi connectivity index (χ3v) is 5.82. The van der Waals surface area contributed by atoms with Crippen LogP contribution >= 0.6 is 0 Å². The van der Waals surface area contributed by atoms with E-state index >= 15 is 0 Å². The molecule has 1 aromatic heterocycles. The van der Waals surface area contributed by atoms with Crippen LogP contribution in [0.15, 0.2) is 59.6 Å². The van der Waals surface area contributed by atoms with E-state index in [9.17, 15) is 8.42 Å². The second-order valence-electron chi connectivity index (χ2n) is 6.11. The summed E-state index contributed by atoms with van der Waals surface area (Å²) in [4.78, 5) is 0.291. The van der Waals surface area contributed by atoms with Crippen LogP contribution in [0.4, 0.5) is 0 Å². The molecular weight excluding hydrogens is 330 g/mol. The third-order valence-electron chi connectivity index (χ3n) is 4.12. The molecule has 1 heterocycles. The summed E-state index contributed by atoms with van der Waals surface area (Å²) in [6.07, 6.45) is 4.72. The minimum atomic E-state index is -3.60. The number of hydrogen-bond donors (Lipinski definition) is 0. The fourth-order valence-corrected chi connectivity index (χ4v) is 4.01. The van der Waals surface area contributed by atoms with Gasteiger partial charge in [0.15, 0.2) is 0 Å². The van der Waals surface area contributed by atoms with Gasteiger partial charge in [0.2, 0.25) is 0 Å². The van der Waals surface area contributed by atoms with E-state index in [1.165, 1.54) is 3.97 Å². The minimum Gasteiger partial charge on any atom is -0.241 e. The van der Waals surface area contributed by atoms with Crippen LogP contribution in [0, 0.1) is 18.8 Å². The zero-order valence-electron chi connectivity index (χ0n) is 14.5. The maximum Gasteiger partial charge on any atom is 0.268 e. The molecule has 0 aliphatic carbocycles. The van der Waals surface area contributed by atoms with Gasteiger partial charge in [0.1, 0.15) is 0 Å². The van der Waals surface area contributed by atoms with Crippen LogP contribution in [0.25, 0.3) is 10.9 Å². The molecule has 0 fully saturated rings. The highest BCUT2D eigenvalue weighted by Gasteiger charge is 2.18. The average Bonchev–Trinajstić information content (AvgIpc) is 3.03. The molecule has 0 radical (unpaired) electrons. The van der Waals surface area contributed by atoms with Crippen molar-refractivity contribution in [1.29, 1.82) is 0 Å². The van der Waals surface area contributed by atoms with Gasteiger partial charge < -0.3 is 0 Å². The van der Waals surface area contributed by atoms with E-state index in [0.717, 1.165) is 35.8 Å². The van der Waals surface area contributed by atoms with Gasteiger partial charge in [-0.15, -0.1) is 0 Å². The summed E-state index contributed by atoms with van der Waals surface area (Å²) in [6, 6.07) is 14.4. The van der Waals surface area contributed by atoms with Crippen LogP contribution < -0.4 is 0 Å². The number of aryl methyl sites for hydroxylation is 1. The predicted molar refractivity (Wildman–Crippen MR) is 102 cm³/mol. The predicted octanol–water partition coefficient (Wildman–Crippen LogP) is 4.73. The van der Waals surface area contributed by atoms with Crippen molar-refractivity contribution in [1.82, 2.24) is 3.97 Å². The maximum absolute atomic E-state index is 12.9. The summed E-state index contributed by atoms with van der Waals surface area (Å²) in [5, 5.41) is 0.873. The normalized spacial score (nSPS) is 11.3. The van der Waals surface area contributed by atoms with Gasteiger partial charge in [-0.2, -0.15) is 0 Å². The average molecular weight is 351 g/mol. The molecular formula is C21H21NO2S. The van der Waals surface area contributed by atoms with E-state index < -0.39 is 10.0 Å². The first-order valence-corrected chi connectivity index (χ1v) is 9.88. The highest BCUT2D eigenvalue weighted by atomic mass is 32.2. The molecule has 0 bridgehead atoms. The van der Waals surface area contributed by atoms with Gasteiger partial charge in [0, 0.05) is 23.6 Å². The summed E-state index contributed by atoms with van der Waals surface area (Å²) in [6.45, 7) is 4.08. The van der Waals surface area contributed by atoms with Crippen molar-refractivity contribution in [3.8, 4) is 11.8 Å². The lowest BCUT2D eigenvalue weighted by atomic mass is 10.1. The van der Waals surface area contributed by atoms with Gasteiger partial charge in [-0.1, -0.05) is 42.9 Å². The molecule has 0 aliphatic heterocycles. The molecule has 128 valence electrons. The molecule has 0 amide bonds. The Hall–Kier alpha value is -2.51. The SMILES string of the molecule is CCCCC#Cc1ccc2c(ccn2S(=O)(=O)c2ccc(C)cc2)c1. The highest BCUT2D eigenvalue weighted by Crippen LogP contribution is 2.23. The Morgan fingerprint density at radius 3 is 2.52 bits per heavy atom. The van der Waals surface area contributed by atoms with Gasteiger partial charge in [-0.3, -0.25) is 0 Å².